The summed E-state index contributed by atoms with van der Waals surface area (Å²) in [6.45, 7) is 7.36. The van der Waals surface area contributed by atoms with Gasteiger partial charge in [-0.25, -0.2) is 9.80 Å². The van der Waals surface area contributed by atoms with Crippen LogP contribution in [0.5, 0.6) is 0 Å². The van der Waals surface area contributed by atoms with Gasteiger partial charge in [-0.15, -0.1) is 0 Å². The number of morpholine rings is 1. The Bertz CT molecular complexity index is 1410. The van der Waals surface area contributed by atoms with Gasteiger partial charge >= 0.3 is 12.0 Å². The minimum absolute atomic E-state index is 0.0281. The molecule has 0 bridgehead atoms. The summed E-state index contributed by atoms with van der Waals surface area (Å²) >= 11 is 0. The summed E-state index contributed by atoms with van der Waals surface area (Å²) in [5.74, 6) is -0.562. The molecule has 6 N–H and O–H groups in total. The van der Waals surface area contributed by atoms with Crippen molar-refractivity contribution >= 4 is 23.5 Å². The Hall–Kier alpha value is -4.10. The average molecular weight is 562 g/mol. The Labute approximate surface area is 237 Å². The van der Waals surface area contributed by atoms with E-state index < -0.39 is 18.0 Å². The zero-order chi connectivity index (χ0) is 28.9. The summed E-state index contributed by atoms with van der Waals surface area (Å²) in [6.07, 6.45) is 0. The second kappa shape index (κ2) is 12.6. The Morgan fingerprint density at radius 1 is 1.12 bits per heavy atom. The first-order chi connectivity index (χ1) is 19.8. The molecule has 3 aromatic rings. The molecule has 1 aliphatic heterocycles. The molecule has 1 fully saturated rings. The number of carbonyl (C=O) groups is 3. The zero-order valence-electron chi connectivity index (χ0n) is 23.2. The number of aromatic nitrogens is 2. The van der Waals surface area contributed by atoms with Crippen LogP contribution in [0.3, 0.4) is 0 Å². The Morgan fingerprint density at radius 2 is 1.88 bits per heavy atom. The summed E-state index contributed by atoms with van der Waals surface area (Å²) in [5, 5.41) is 15.3. The smallest absolute Gasteiger partial charge is 0.333 e. The molecule has 0 spiro atoms. The number of fused-ring (bicyclic) bond motifs is 3. The van der Waals surface area contributed by atoms with Gasteiger partial charge in [0.15, 0.2) is 5.78 Å². The molecule has 2 heterocycles. The summed E-state index contributed by atoms with van der Waals surface area (Å²) in [6, 6.07) is 12.1. The molecule has 216 valence electrons. The largest absolute Gasteiger partial charge is 0.463 e. The van der Waals surface area contributed by atoms with Crippen molar-refractivity contribution in [2.24, 2.45) is 11.7 Å². The number of aromatic amines is 1. The van der Waals surface area contributed by atoms with Gasteiger partial charge in [0.25, 0.3) is 0 Å². The first kappa shape index (κ1) is 28.4. The lowest BCUT2D eigenvalue weighted by Crippen LogP contribution is -2.49. The van der Waals surface area contributed by atoms with Crippen LogP contribution in [-0.2, 0) is 20.8 Å². The minimum atomic E-state index is -0.617. The van der Waals surface area contributed by atoms with Crippen molar-refractivity contribution in [2.45, 2.75) is 26.4 Å². The molecule has 41 heavy (non-hydrogen) atoms. The maximum absolute atomic E-state index is 13.6. The van der Waals surface area contributed by atoms with E-state index in [0.717, 1.165) is 11.1 Å². The Kier molecular flexibility index (Phi) is 8.74. The van der Waals surface area contributed by atoms with Gasteiger partial charge in [-0.1, -0.05) is 50.2 Å². The molecule has 0 radical (unpaired) electrons. The maximum atomic E-state index is 13.6. The standard InChI is InChI=1S/C29H35N7O5/c1-17(2)24(30)28(38)41-13-10-31-16-18-6-8-19(9-7-18)25-23-26(34-33-25)20-4-3-5-21(22(20)27(23)37)32-29(39)35-36-11-14-40-15-12-36/h3-9,17,24,31H,10-16,30H2,1-2H3,(H,33,34)(H2,32,35,39)/t24-/m0/s1. The molecule has 2 amide bonds. The summed E-state index contributed by atoms with van der Waals surface area (Å²) < 4.78 is 10.5. The average Bonchev–Trinajstić information content (AvgIpc) is 3.53. The maximum Gasteiger partial charge on any atom is 0.333 e. The Balaban J connectivity index is 1.20. The Morgan fingerprint density at radius 3 is 2.61 bits per heavy atom. The van der Waals surface area contributed by atoms with Gasteiger partial charge in [0.05, 0.1) is 35.7 Å². The van der Waals surface area contributed by atoms with Gasteiger partial charge in [0.2, 0.25) is 0 Å². The van der Waals surface area contributed by atoms with E-state index in [4.69, 9.17) is 15.2 Å². The van der Waals surface area contributed by atoms with Crippen LogP contribution in [0.4, 0.5) is 10.5 Å². The number of anilines is 1. The number of carbonyl (C=O) groups excluding carboxylic acids is 3. The molecule has 0 unspecified atom stereocenters. The predicted octanol–water partition coefficient (Wildman–Crippen LogP) is 2.27. The topological polar surface area (TPSA) is 164 Å². The molecule has 2 aromatic carbocycles. The quantitative estimate of drug-likeness (QED) is 0.144. The van der Waals surface area contributed by atoms with Crippen molar-refractivity contribution < 1.29 is 23.9 Å². The first-order valence-corrected chi connectivity index (χ1v) is 13.7. The highest BCUT2D eigenvalue weighted by Crippen LogP contribution is 2.42. The van der Waals surface area contributed by atoms with E-state index in [1.807, 2.05) is 44.2 Å². The molecule has 1 aliphatic carbocycles. The third kappa shape index (κ3) is 6.30. The second-order valence-electron chi connectivity index (χ2n) is 10.4. The molecule has 12 nitrogen and oxygen atoms in total. The highest BCUT2D eigenvalue weighted by atomic mass is 16.5. The van der Waals surface area contributed by atoms with Gasteiger partial charge < -0.3 is 25.8 Å². The molecular weight excluding hydrogens is 526 g/mol. The number of hydrogen-bond donors (Lipinski definition) is 5. The van der Waals surface area contributed by atoms with Gasteiger partial charge in [-0.2, -0.15) is 5.10 Å². The van der Waals surface area contributed by atoms with E-state index in [9.17, 15) is 14.4 Å². The predicted molar refractivity (Wildman–Crippen MR) is 153 cm³/mol. The zero-order valence-corrected chi connectivity index (χ0v) is 23.2. The van der Waals surface area contributed by atoms with Crippen LogP contribution >= 0.6 is 0 Å². The van der Waals surface area contributed by atoms with Gasteiger partial charge in [-0.3, -0.25) is 20.1 Å². The van der Waals surface area contributed by atoms with Crippen LogP contribution < -0.4 is 21.8 Å². The lowest BCUT2D eigenvalue weighted by molar-refractivity contribution is -0.146. The van der Waals surface area contributed by atoms with Crippen molar-refractivity contribution in [1.29, 1.82) is 0 Å². The van der Waals surface area contributed by atoms with Crippen LogP contribution in [0.15, 0.2) is 42.5 Å². The third-order valence-electron chi connectivity index (χ3n) is 7.14. The molecule has 12 heteroatoms. The highest BCUT2D eigenvalue weighted by Gasteiger charge is 2.35. The number of hydrazine groups is 1. The van der Waals surface area contributed by atoms with E-state index in [1.165, 1.54) is 0 Å². The van der Waals surface area contributed by atoms with E-state index in [2.05, 4.69) is 26.3 Å². The fourth-order valence-electron chi connectivity index (χ4n) is 4.77. The molecule has 2 aliphatic rings. The number of nitrogens with two attached hydrogens (primary N) is 1. The van der Waals surface area contributed by atoms with E-state index in [0.29, 0.717) is 73.2 Å². The van der Waals surface area contributed by atoms with Crippen molar-refractivity contribution in [1.82, 2.24) is 25.9 Å². The van der Waals surface area contributed by atoms with Crippen LogP contribution in [-0.4, -0.2) is 78.5 Å². The minimum Gasteiger partial charge on any atom is -0.463 e. The number of nitrogens with zero attached hydrogens (tertiary/aromatic N) is 2. The number of ketones is 1. The second-order valence-corrected chi connectivity index (χ2v) is 10.4. The number of ether oxygens (including phenoxy) is 2. The van der Waals surface area contributed by atoms with Crippen LogP contribution in [0.1, 0.15) is 35.3 Å². The van der Waals surface area contributed by atoms with Gasteiger partial charge in [-0.05, 0) is 17.5 Å². The van der Waals surface area contributed by atoms with Gasteiger partial charge in [0.1, 0.15) is 18.3 Å². The molecule has 0 saturated carbocycles. The van der Waals surface area contributed by atoms with Gasteiger partial charge in [0, 0.05) is 37.3 Å². The SMILES string of the molecule is CC(C)[C@H](N)C(=O)OCCNCc1ccc(-c2[nH]nc3c2C(=O)c2c(NC(=O)NN4CCOCC4)cccc2-3)cc1. The number of hydrogen-bond acceptors (Lipinski definition) is 9. The summed E-state index contributed by atoms with van der Waals surface area (Å²) in [4.78, 5) is 38.1. The fraction of sp³-hybridized carbons (Fsp3) is 0.379. The number of esters is 1. The van der Waals surface area contributed by atoms with Crippen molar-refractivity contribution in [3.63, 3.8) is 0 Å². The molecule has 5 rings (SSSR count). The monoisotopic (exact) mass is 561 g/mol. The van der Waals surface area contributed by atoms with Crippen molar-refractivity contribution in [2.75, 3.05) is 44.8 Å². The van der Waals surface area contributed by atoms with E-state index >= 15 is 0 Å². The first-order valence-electron chi connectivity index (χ1n) is 13.7. The number of urea groups is 1. The highest BCUT2D eigenvalue weighted by molar-refractivity contribution is 6.26. The summed E-state index contributed by atoms with van der Waals surface area (Å²) in [5.41, 5.74) is 13.6. The number of nitrogens with one attached hydrogen (secondary N) is 4. The number of H-pyrrole nitrogens is 1. The molecule has 1 atom stereocenters. The third-order valence-corrected chi connectivity index (χ3v) is 7.14. The van der Waals surface area contributed by atoms with Crippen molar-refractivity contribution in [3.8, 4) is 22.5 Å². The molecule has 1 saturated heterocycles. The fourth-order valence-corrected chi connectivity index (χ4v) is 4.77. The number of rotatable bonds is 10. The molecular formula is C29H35N7O5. The summed E-state index contributed by atoms with van der Waals surface area (Å²) in [7, 11) is 0. The van der Waals surface area contributed by atoms with Crippen LogP contribution in [0.25, 0.3) is 22.5 Å². The van der Waals surface area contributed by atoms with Crippen LogP contribution in [0.2, 0.25) is 0 Å². The van der Waals surface area contributed by atoms with Crippen LogP contribution in [0, 0.1) is 5.92 Å². The lowest BCUT2D eigenvalue weighted by atomic mass is 10.0. The van der Waals surface area contributed by atoms with Crippen molar-refractivity contribution in [3.05, 3.63) is 59.2 Å². The normalized spacial score (nSPS) is 15.4. The molecule has 1 aromatic heterocycles. The number of amides is 2. The van der Waals surface area contributed by atoms with E-state index in [-0.39, 0.29) is 18.3 Å². The lowest BCUT2D eigenvalue weighted by Gasteiger charge is -2.27. The number of benzene rings is 2. The van der Waals surface area contributed by atoms with E-state index in [1.54, 1.807) is 17.1 Å².